The number of rotatable bonds is 2. The van der Waals surface area contributed by atoms with Gasteiger partial charge in [0.25, 0.3) is 0 Å². The molecule has 2 amide bonds. The van der Waals surface area contributed by atoms with E-state index in [4.69, 9.17) is 4.74 Å². The molecule has 2 aliphatic heterocycles. The van der Waals surface area contributed by atoms with Crippen molar-refractivity contribution in [3.05, 3.63) is 29.8 Å². The number of likely N-dealkylation sites (N-methyl/N-ethyl adjacent to an activating group) is 1. The quantitative estimate of drug-likeness (QED) is 0.807. The standard InChI is InChI=1S/C16H17N3O3/c1-18-13-5-3-2-4-11(13)14(16(18)21)12(10-17)15(20)19-6-8-22-9-7-19/h2-5,12,14H,6-9H2,1H3. The molecular formula is C16H17N3O3. The number of carbonyl (C=O) groups is 2. The van der Waals surface area contributed by atoms with E-state index in [9.17, 15) is 14.9 Å². The fourth-order valence-electron chi connectivity index (χ4n) is 3.09. The summed E-state index contributed by atoms with van der Waals surface area (Å²) in [6.45, 7) is 1.88. The molecule has 0 aromatic heterocycles. The van der Waals surface area contributed by atoms with Crippen LogP contribution in [0.3, 0.4) is 0 Å². The predicted molar refractivity (Wildman–Crippen MR) is 79.1 cm³/mol. The molecule has 0 spiro atoms. The second kappa shape index (κ2) is 5.78. The Balaban J connectivity index is 1.92. The van der Waals surface area contributed by atoms with Crippen LogP contribution in [0.15, 0.2) is 24.3 Å². The Hall–Kier alpha value is -2.39. The zero-order chi connectivity index (χ0) is 15.7. The van der Waals surface area contributed by atoms with Gasteiger partial charge in [0.05, 0.1) is 25.2 Å². The lowest BCUT2D eigenvalue weighted by Crippen LogP contribution is -2.45. The average molecular weight is 299 g/mol. The Morgan fingerprint density at radius 3 is 2.73 bits per heavy atom. The number of benzene rings is 1. The number of nitriles is 1. The van der Waals surface area contributed by atoms with E-state index in [1.807, 2.05) is 24.3 Å². The van der Waals surface area contributed by atoms with E-state index >= 15 is 0 Å². The summed E-state index contributed by atoms with van der Waals surface area (Å²) in [6.07, 6.45) is 0. The number of para-hydroxylation sites is 1. The smallest absolute Gasteiger partial charge is 0.241 e. The van der Waals surface area contributed by atoms with Crippen molar-refractivity contribution in [3.63, 3.8) is 0 Å². The van der Waals surface area contributed by atoms with Crippen molar-refractivity contribution < 1.29 is 14.3 Å². The molecule has 0 aliphatic carbocycles. The van der Waals surface area contributed by atoms with E-state index in [1.165, 1.54) is 4.90 Å². The van der Waals surface area contributed by atoms with Crippen molar-refractivity contribution >= 4 is 17.5 Å². The molecule has 1 saturated heterocycles. The van der Waals surface area contributed by atoms with Crippen LogP contribution in [0.4, 0.5) is 5.69 Å². The highest BCUT2D eigenvalue weighted by Crippen LogP contribution is 2.40. The van der Waals surface area contributed by atoms with E-state index in [2.05, 4.69) is 6.07 Å². The van der Waals surface area contributed by atoms with Gasteiger partial charge < -0.3 is 14.5 Å². The highest BCUT2D eigenvalue weighted by Gasteiger charge is 2.44. The van der Waals surface area contributed by atoms with Gasteiger partial charge in [-0.2, -0.15) is 5.26 Å². The molecule has 6 heteroatoms. The molecule has 2 aliphatic rings. The third-order valence-corrected chi connectivity index (χ3v) is 4.29. The molecule has 6 nitrogen and oxygen atoms in total. The Bertz CT molecular complexity index is 646. The molecule has 1 fully saturated rings. The maximum atomic E-state index is 12.7. The molecule has 1 aromatic rings. The van der Waals surface area contributed by atoms with E-state index in [0.717, 1.165) is 11.3 Å². The average Bonchev–Trinajstić information content (AvgIpc) is 2.82. The van der Waals surface area contributed by atoms with E-state index in [-0.39, 0.29) is 11.8 Å². The van der Waals surface area contributed by atoms with Crippen molar-refractivity contribution in [1.29, 1.82) is 5.26 Å². The van der Waals surface area contributed by atoms with E-state index in [1.54, 1.807) is 11.9 Å². The van der Waals surface area contributed by atoms with Gasteiger partial charge in [0.15, 0.2) is 0 Å². The third-order valence-electron chi connectivity index (χ3n) is 4.29. The summed E-state index contributed by atoms with van der Waals surface area (Å²) in [5.41, 5.74) is 1.52. The summed E-state index contributed by atoms with van der Waals surface area (Å²) in [6, 6.07) is 9.37. The van der Waals surface area contributed by atoms with Crippen LogP contribution in [0, 0.1) is 17.2 Å². The molecule has 22 heavy (non-hydrogen) atoms. The maximum Gasteiger partial charge on any atom is 0.241 e. The number of amides is 2. The fourth-order valence-corrected chi connectivity index (χ4v) is 3.09. The predicted octanol–water partition coefficient (Wildman–Crippen LogP) is 0.745. The SMILES string of the molecule is CN1C(=O)C(C(C#N)C(=O)N2CCOCC2)c2ccccc21. The van der Waals surface area contributed by atoms with Crippen molar-refractivity contribution in [2.45, 2.75) is 5.92 Å². The lowest BCUT2D eigenvalue weighted by atomic mass is 9.87. The van der Waals surface area contributed by atoms with Gasteiger partial charge in [-0.05, 0) is 11.6 Å². The largest absolute Gasteiger partial charge is 0.378 e. The van der Waals surface area contributed by atoms with Crippen LogP contribution >= 0.6 is 0 Å². The minimum Gasteiger partial charge on any atom is -0.378 e. The summed E-state index contributed by atoms with van der Waals surface area (Å²) in [5.74, 6) is -2.19. The Morgan fingerprint density at radius 2 is 2.05 bits per heavy atom. The summed E-state index contributed by atoms with van der Waals surface area (Å²) < 4.78 is 5.23. The van der Waals surface area contributed by atoms with Crippen LogP contribution < -0.4 is 4.90 Å². The minimum absolute atomic E-state index is 0.200. The van der Waals surface area contributed by atoms with Gasteiger partial charge in [0, 0.05) is 25.8 Å². The number of nitrogens with zero attached hydrogens (tertiary/aromatic N) is 3. The molecule has 0 saturated carbocycles. The van der Waals surface area contributed by atoms with Gasteiger partial charge in [-0.25, -0.2) is 0 Å². The molecule has 3 rings (SSSR count). The number of hydrogen-bond acceptors (Lipinski definition) is 4. The highest BCUT2D eigenvalue weighted by molar-refractivity contribution is 6.07. The summed E-state index contributed by atoms with van der Waals surface area (Å²) in [5, 5.41) is 9.52. The molecule has 2 heterocycles. The molecular weight excluding hydrogens is 282 g/mol. The van der Waals surface area contributed by atoms with E-state index < -0.39 is 11.8 Å². The second-order valence-electron chi connectivity index (χ2n) is 5.48. The molecule has 0 bridgehead atoms. The number of ether oxygens (including phenoxy) is 1. The van der Waals surface area contributed by atoms with Crippen LogP contribution in [-0.2, 0) is 14.3 Å². The minimum atomic E-state index is -0.989. The first kappa shape index (κ1) is 14.5. The van der Waals surface area contributed by atoms with Gasteiger partial charge in [-0.1, -0.05) is 18.2 Å². The van der Waals surface area contributed by atoms with Crippen LogP contribution in [0.25, 0.3) is 0 Å². The van der Waals surface area contributed by atoms with Gasteiger partial charge in [-0.15, -0.1) is 0 Å². The molecule has 2 atom stereocenters. The Labute approximate surface area is 128 Å². The third kappa shape index (κ3) is 2.24. The first-order chi connectivity index (χ1) is 10.6. The lowest BCUT2D eigenvalue weighted by molar-refractivity contribution is -0.140. The van der Waals surface area contributed by atoms with Crippen molar-refractivity contribution in [2.24, 2.45) is 5.92 Å². The molecule has 2 unspecified atom stereocenters. The normalized spacial score (nSPS) is 22.2. The number of hydrogen-bond donors (Lipinski definition) is 0. The Kier molecular flexibility index (Phi) is 3.82. The van der Waals surface area contributed by atoms with Gasteiger partial charge >= 0.3 is 0 Å². The topological polar surface area (TPSA) is 73.6 Å². The van der Waals surface area contributed by atoms with Crippen LogP contribution in [0.1, 0.15) is 11.5 Å². The number of anilines is 1. The molecule has 0 radical (unpaired) electrons. The maximum absolute atomic E-state index is 12.7. The zero-order valence-corrected chi connectivity index (χ0v) is 12.4. The van der Waals surface area contributed by atoms with Crippen LogP contribution in [0.5, 0.6) is 0 Å². The zero-order valence-electron chi connectivity index (χ0n) is 12.4. The van der Waals surface area contributed by atoms with Gasteiger partial charge in [-0.3, -0.25) is 9.59 Å². The highest BCUT2D eigenvalue weighted by atomic mass is 16.5. The monoisotopic (exact) mass is 299 g/mol. The number of fused-ring (bicyclic) bond motifs is 1. The summed E-state index contributed by atoms with van der Waals surface area (Å²) in [7, 11) is 1.68. The van der Waals surface area contributed by atoms with Crippen LogP contribution in [0.2, 0.25) is 0 Å². The van der Waals surface area contributed by atoms with Gasteiger partial charge in [0.2, 0.25) is 11.8 Å². The van der Waals surface area contributed by atoms with Gasteiger partial charge in [0.1, 0.15) is 5.92 Å². The first-order valence-electron chi connectivity index (χ1n) is 7.28. The Morgan fingerprint density at radius 1 is 1.36 bits per heavy atom. The second-order valence-corrected chi connectivity index (χ2v) is 5.48. The van der Waals surface area contributed by atoms with Crippen LogP contribution in [-0.4, -0.2) is 50.1 Å². The first-order valence-corrected chi connectivity index (χ1v) is 7.28. The summed E-state index contributed by atoms with van der Waals surface area (Å²) in [4.78, 5) is 28.3. The number of carbonyl (C=O) groups excluding carboxylic acids is 2. The molecule has 1 aromatic carbocycles. The fraction of sp³-hybridized carbons (Fsp3) is 0.438. The molecule has 114 valence electrons. The van der Waals surface area contributed by atoms with Crippen molar-refractivity contribution in [1.82, 2.24) is 4.90 Å². The van der Waals surface area contributed by atoms with Crippen molar-refractivity contribution in [2.75, 3.05) is 38.3 Å². The van der Waals surface area contributed by atoms with E-state index in [0.29, 0.717) is 26.3 Å². The lowest BCUT2D eigenvalue weighted by Gasteiger charge is -2.29. The number of morpholine rings is 1. The molecule has 0 N–H and O–H groups in total. The summed E-state index contributed by atoms with van der Waals surface area (Å²) >= 11 is 0. The van der Waals surface area contributed by atoms with Crippen molar-refractivity contribution in [3.8, 4) is 6.07 Å².